The molecular formula is C15H24BrNO. The van der Waals surface area contributed by atoms with Gasteiger partial charge in [0.25, 0.3) is 0 Å². The fourth-order valence-corrected chi connectivity index (χ4v) is 2.01. The van der Waals surface area contributed by atoms with Gasteiger partial charge in [-0.3, -0.25) is 0 Å². The van der Waals surface area contributed by atoms with Gasteiger partial charge in [-0.2, -0.15) is 0 Å². The fourth-order valence-electron chi connectivity index (χ4n) is 1.75. The number of ether oxygens (including phenoxy) is 1. The quantitative estimate of drug-likeness (QED) is 0.623. The molecule has 0 radical (unpaired) electrons. The summed E-state index contributed by atoms with van der Waals surface area (Å²) in [6.45, 7) is 4.79. The molecule has 0 spiro atoms. The first-order valence-corrected chi connectivity index (χ1v) is 7.69. The van der Waals surface area contributed by atoms with Gasteiger partial charge < -0.3 is 10.1 Å². The van der Waals surface area contributed by atoms with Gasteiger partial charge in [0.2, 0.25) is 0 Å². The Morgan fingerprint density at radius 1 is 1.00 bits per heavy atom. The van der Waals surface area contributed by atoms with Crippen LogP contribution in [0.15, 0.2) is 28.7 Å². The number of unbranched alkanes of at least 4 members (excludes halogenated alkanes) is 4. The van der Waals surface area contributed by atoms with Crippen molar-refractivity contribution in [2.45, 2.75) is 39.0 Å². The topological polar surface area (TPSA) is 21.3 Å². The zero-order chi connectivity index (χ0) is 13.1. The van der Waals surface area contributed by atoms with E-state index in [0.29, 0.717) is 0 Å². The monoisotopic (exact) mass is 313 g/mol. The maximum absolute atomic E-state index is 5.59. The van der Waals surface area contributed by atoms with Crippen LogP contribution in [0.5, 0.6) is 0 Å². The highest BCUT2D eigenvalue weighted by molar-refractivity contribution is 9.10. The van der Waals surface area contributed by atoms with E-state index in [1.165, 1.54) is 32.1 Å². The summed E-state index contributed by atoms with van der Waals surface area (Å²) in [5.74, 6) is 0. The summed E-state index contributed by atoms with van der Waals surface area (Å²) in [5, 5.41) is 3.34. The Morgan fingerprint density at radius 3 is 2.44 bits per heavy atom. The van der Waals surface area contributed by atoms with Crippen molar-refractivity contribution < 1.29 is 4.74 Å². The Bertz CT molecular complexity index is 300. The molecule has 0 unspecified atom stereocenters. The molecule has 3 heteroatoms. The lowest BCUT2D eigenvalue weighted by Crippen LogP contribution is -2.09. The number of hydrogen-bond acceptors (Lipinski definition) is 2. The molecule has 18 heavy (non-hydrogen) atoms. The third kappa shape index (κ3) is 7.72. The summed E-state index contributed by atoms with van der Waals surface area (Å²) in [6.07, 6.45) is 6.49. The standard InChI is InChI=1S/C15H24BrNO/c1-2-3-4-5-6-12-18-13-11-17-15-9-7-14(16)8-10-15/h7-10,17H,2-6,11-13H2,1H3. The molecule has 0 heterocycles. The highest BCUT2D eigenvalue weighted by Crippen LogP contribution is 2.13. The van der Waals surface area contributed by atoms with Crippen LogP contribution in [0.3, 0.4) is 0 Å². The van der Waals surface area contributed by atoms with Gasteiger partial charge in [0.05, 0.1) is 6.61 Å². The summed E-state index contributed by atoms with van der Waals surface area (Å²) in [5.41, 5.74) is 1.14. The van der Waals surface area contributed by atoms with Crippen molar-refractivity contribution in [2.75, 3.05) is 25.1 Å². The van der Waals surface area contributed by atoms with Gasteiger partial charge in [-0.1, -0.05) is 48.5 Å². The van der Waals surface area contributed by atoms with Crippen molar-refractivity contribution in [2.24, 2.45) is 0 Å². The normalized spacial score (nSPS) is 10.6. The zero-order valence-corrected chi connectivity index (χ0v) is 12.8. The molecule has 1 N–H and O–H groups in total. The number of benzene rings is 1. The highest BCUT2D eigenvalue weighted by atomic mass is 79.9. The van der Waals surface area contributed by atoms with Crippen molar-refractivity contribution in [3.8, 4) is 0 Å². The molecule has 1 rings (SSSR count). The van der Waals surface area contributed by atoms with E-state index in [1.807, 2.05) is 12.1 Å². The first kappa shape index (κ1) is 15.5. The van der Waals surface area contributed by atoms with Gasteiger partial charge in [0.15, 0.2) is 0 Å². The molecule has 0 aromatic heterocycles. The summed E-state index contributed by atoms with van der Waals surface area (Å²) in [4.78, 5) is 0. The number of hydrogen-bond donors (Lipinski definition) is 1. The lowest BCUT2D eigenvalue weighted by Gasteiger charge is -2.07. The number of halogens is 1. The molecule has 0 fully saturated rings. The van der Waals surface area contributed by atoms with Crippen LogP contribution in [0.25, 0.3) is 0 Å². The molecule has 0 aliphatic heterocycles. The largest absolute Gasteiger partial charge is 0.383 e. The van der Waals surface area contributed by atoms with Gasteiger partial charge in [0, 0.05) is 23.3 Å². The molecule has 1 aromatic rings. The van der Waals surface area contributed by atoms with E-state index >= 15 is 0 Å². The van der Waals surface area contributed by atoms with E-state index in [-0.39, 0.29) is 0 Å². The molecule has 0 saturated heterocycles. The van der Waals surface area contributed by atoms with E-state index < -0.39 is 0 Å². The minimum absolute atomic E-state index is 0.782. The van der Waals surface area contributed by atoms with Crippen molar-refractivity contribution in [1.82, 2.24) is 0 Å². The zero-order valence-electron chi connectivity index (χ0n) is 11.3. The Morgan fingerprint density at radius 2 is 1.72 bits per heavy atom. The van der Waals surface area contributed by atoms with E-state index in [1.54, 1.807) is 0 Å². The van der Waals surface area contributed by atoms with E-state index in [4.69, 9.17) is 4.74 Å². The predicted molar refractivity (Wildman–Crippen MR) is 82.2 cm³/mol. The van der Waals surface area contributed by atoms with Crippen molar-refractivity contribution >= 4 is 21.6 Å². The van der Waals surface area contributed by atoms with Gasteiger partial charge in [-0.15, -0.1) is 0 Å². The van der Waals surface area contributed by atoms with Gasteiger partial charge in [-0.25, -0.2) is 0 Å². The Labute approximate surface area is 119 Å². The fraction of sp³-hybridized carbons (Fsp3) is 0.600. The highest BCUT2D eigenvalue weighted by Gasteiger charge is 1.93. The van der Waals surface area contributed by atoms with Gasteiger partial charge in [-0.05, 0) is 30.7 Å². The van der Waals surface area contributed by atoms with E-state index in [2.05, 4.69) is 40.3 Å². The van der Waals surface area contributed by atoms with Crippen molar-refractivity contribution in [3.63, 3.8) is 0 Å². The SMILES string of the molecule is CCCCCCCOCCNc1ccc(Br)cc1. The third-order valence-electron chi connectivity index (χ3n) is 2.81. The van der Waals surface area contributed by atoms with Crippen molar-refractivity contribution in [3.05, 3.63) is 28.7 Å². The molecule has 0 aliphatic carbocycles. The van der Waals surface area contributed by atoms with Crippen LogP contribution in [0.1, 0.15) is 39.0 Å². The van der Waals surface area contributed by atoms with E-state index in [9.17, 15) is 0 Å². The molecule has 0 bridgehead atoms. The van der Waals surface area contributed by atoms with E-state index in [0.717, 1.165) is 29.9 Å². The molecule has 1 aromatic carbocycles. The molecule has 0 saturated carbocycles. The minimum atomic E-state index is 0.782. The average Bonchev–Trinajstić information content (AvgIpc) is 2.39. The molecular weight excluding hydrogens is 290 g/mol. The second kappa shape index (κ2) is 10.4. The summed E-state index contributed by atoms with van der Waals surface area (Å²) in [6, 6.07) is 8.21. The second-order valence-corrected chi connectivity index (χ2v) is 5.38. The Balaban J connectivity index is 1.91. The average molecular weight is 314 g/mol. The van der Waals surface area contributed by atoms with Crippen LogP contribution in [-0.2, 0) is 4.74 Å². The van der Waals surface area contributed by atoms with Crippen molar-refractivity contribution in [1.29, 1.82) is 0 Å². The lowest BCUT2D eigenvalue weighted by atomic mass is 10.2. The number of nitrogens with one attached hydrogen (secondary N) is 1. The Hall–Kier alpha value is -0.540. The van der Waals surface area contributed by atoms with Gasteiger partial charge in [0.1, 0.15) is 0 Å². The predicted octanol–water partition coefficient (Wildman–Crippen LogP) is 4.85. The molecule has 102 valence electrons. The molecule has 0 atom stereocenters. The first-order chi connectivity index (χ1) is 8.83. The van der Waals surface area contributed by atoms with Crippen LogP contribution < -0.4 is 5.32 Å². The van der Waals surface area contributed by atoms with Gasteiger partial charge >= 0.3 is 0 Å². The first-order valence-electron chi connectivity index (χ1n) is 6.90. The van der Waals surface area contributed by atoms with Crippen LogP contribution in [0, 0.1) is 0 Å². The summed E-state index contributed by atoms with van der Waals surface area (Å²) in [7, 11) is 0. The van der Waals surface area contributed by atoms with Crippen LogP contribution in [0.4, 0.5) is 5.69 Å². The Kier molecular flexibility index (Phi) is 8.96. The minimum Gasteiger partial charge on any atom is -0.383 e. The number of rotatable bonds is 10. The van der Waals surface area contributed by atoms with Crippen LogP contribution in [-0.4, -0.2) is 19.8 Å². The second-order valence-electron chi connectivity index (χ2n) is 4.46. The lowest BCUT2D eigenvalue weighted by molar-refractivity contribution is 0.139. The maximum atomic E-state index is 5.59. The molecule has 0 amide bonds. The molecule has 0 aliphatic rings. The van der Waals surface area contributed by atoms with Crippen LogP contribution in [0.2, 0.25) is 0 Å². The summed E-state index contributed by atoms with van der Waals surface area (Å²) >= 11 is 3.42. The third-order valence-corrected chi connectivity index (χ3v) is 3.34. The van der Waals surface area contributed by atoms with Crippen LogP contribution >= 0.6 is 15.9 Å². The number of anilines is 1. The maximum Gasteiger partial charge on any atom is 0.0639 e. The smallest absolute Gasteiger partial charge is 0.0639 e. The summed E-state index contributed by atoms with van der Waals surface area (Å²) < 4.78 is 6.70. The molecule has 2 nitrogen and oxygen atoms in total.